The highest BCUT2D eigenvalue weighted by molar-refractivity contribution is 7.92. The molecule has 0 radical (unpaired) electrons. The van der Waals surface area contributed by atoms with Crippen LogP contribution in [0.5, 0.6) is 0 Å². The van der Waals surface area contributed by atoms with E-state index in [4.69, 9.17) is 4.55 Å². The normalized spacial score (nSPS) is 15.7. The van der Waals surface area contributed by atoms with E-state index in [1.165, 1.54) is 0 Å². The molecule has 0 bridgehead atoms. The summed E-state index contributed by atoms with van der Waals surface area (Å²) in [5, 5.41) is -13.3. The van der Waals surface area contributed by atoms with Crippen molar-refractivity contribution in [1.82, 2.24) is 0 Å². The highest BCUT2D eigenvalue weighted by Gasteiger charge is 2.82. The molecular weight excluding hydrogens is 414 g/mol. The fourth-order valence-corrected chi connectivity index (χ4v) is 3.63. The van der Waals surface area contributed by atoms with Crippen molar-refractivity contribution in [3.05, 3.63) is 29.8 Å². The van der Waals surface area contributed by atoms with Crippen LogP contribution in [0.2, 0.25) is 0 Å². The van der Waals surface area contributed by atoms with Crippen LogP contribution in [0.25, 0.3) is 0 Å². The molecule has 26 heavy (non-hydrogen) atoms. The van der Waals surface area contributed by atoms with Gasteiger partial charge < -0.3 is 0 Å². The number of hydrogen-bond donors (Lipinski definition) is 1. The number of hydrogen-bond acceptors (Lipinski definition) is 4. The Morgan fingerprint density at radius 1 is 0.923 bits per heavy atom. The predicted molar refractivity (Wildman–Crippen MR) is 78.7 cm³/mol. The molecule has 13 heteroatoms. The van der Waals surface area contributed by atoms with E-state index in [2.05, 4.69) is 0 Å². The summed E-state index contributed by atoms with van der Waals surface area (Å²) in [6, 6.07) is 3.12. The van der Waals surface area contributed by atoms with Crippen LogP contribution in [0.15, 0.2) is 29.2 Å². The monoisotopic (exact) mass is 428 g/mol. The fourth-order valence-electron chi connectivity index (χ4n) is 1.86. The standard InChI is InChI=1S/C13H14F6O5S2/c1-3-8(2)9-4-6-10(7-5-9)25(20,21)12(16,17)11(14,15)13(18,19)26(22,23)24/h4-8H,3H2,1-2H3,(H,22,23,24). The van der Waals surface area contributed by atoms with Gasteiger partial charge in [-0.05, 0) is 30.0 Å². The molecule has 0 amide bonds. The van der Waals surface area contributed by atoms with Gasteiger partial charge in [0.05, 0.1) is 4.90 Å². The van der Waals surface area contributed by atoms with E-state index >= 15 is 0 Å². The fraction of sp³-hybridized carbons (Fsp3) is 0.538. The van der Waals surface area contributed by atoms with E-state index in [0.717, 1.165) is 12.1 Å². The number of alkyl halides is 6. The summed E-state index contributed by atoms with van der Waals surface area (Å²) in [7, 11) is -13.5. The van der Waals surface area contributed by atoms with Gasteiger partial charge in [-0.25, -0.2) is 8.42 Å². The summed E-state index contributed by atoms with van der Waals surface area (Å²) < 4.78 is 133. The Balaban J connectivity index is 3.50. The molecule has 1 N–H and O–H groups in total. The average molecular weight is 428 g/mol. The number of benzene rings is 1. The van der Waals surface area contributed by atoms with Crippen LogP contribution in [0.4, 0.5) is 26.3 Å². The van der Waals surface area contributed by atoms with Crippen LogP contribution < -0.4 is 0 Å². The van der Waals surface area contributed by atoms with Crippen LogP contribution in [0.1, 0.15) is 31.7 Å². The Morgan fingerprint density at radius 3 is 1.69 bits per heavy atom. The molecule has 0 heterocycles. The molecule has 0 aliphatic carbocycles. The average Bonchev–Trinajstić information content (AvgIpc) is 2.52. The summed E-state index contributed by atoms with van der Waals surface area (Å²) >= 11 is 0. The van der Waals surface area contributed by atoms with Crippen molar-refractivity contribution in [3.8, 4) is 0 Å². The minimum atomic E-state index is -7.03. The van der Waals surface area contributed by atoms with E-state index in [1.807, 2.05) is 0 Å². The lowest BCUT2D eigenvalue weighted by molar-refractivity contribution is -0.245. The molecule has 0 aliphatic rings. The molecule has 0 aliphatic heterocycles. The Bertz CT molecular complexity index is 863. The first-order chi connectivity index (χ1) is 11.4. The third-order valence-corrected chi connectivity index (χ3v) is 6.49. The zero-order valence-corrected chi connectivity index (χ0v) is 14.9. The van der Waals surface area contributed by atoms with E-state index in [9.17, 15) is 43.2 Å². The van der Waals surface area contributed by atoms with Crippen molar-refractivity contribution in [1.29, 1.82) is 0 Å². The minimum absolute atomic E-state index is 0.127. The van der Waals surface area contributed by atoms with Crippen LogP contribution in [-0.2, 0) is 20.0 Å². The Kier molecular flexibility index (Phi) is 5.83. The van der Waals surface area contributed by atoms with E-state index in [0.29, 0.717) is 24.1 Å². The largest absolute Gasteiger partial charge is 0.439 e. The number of halogens is 6. The van der Waals surface area contributed by atoms with Gasteiger partial charge in [0.15, 0.2) is 0 Å². The minimum Gasteiger partial charge on any atom is -0.281 e. The third kappa shape index (κ3) is 3.31. The molecule has 1 rings (SSSR count). The lowest BCUT2D eigenvalue weighted by Gasteiger charge is -2.30. The molecule has 0 saturated carbocycles. The molecule has 0 aromatic heterocycles. The lowest BCUT2D eigenvalue weighted by Crippen LogP contribution is -2.60. The smallest absolute Gasteiger partial charge is 0.281 e. The number of sulfone groups is 1. The quantitative estimate of drug-likeness (QED) is 0.529. The SMILES string of the molecule is CCC(C)c1ccc(S(=O)(=O)C(F)(F)C(F)(F)C(F)(F)S(=O)(=O)O)cc1. The first kappa shape index (κ1) is 22.7. The van der Waals surface area contributed by atoms with Crippen molar-refractivity contribution in [2.24, 2.45) is 0 Å². The van der Waals surface area contributed by atoms with E-state index in [1.54, 1.807) is 13.8 Å². The van der Waals surface area contributed by atoms with Gasteiger partial charge in [0.25, 0.3) is 0 Å². The van der Waals surface area contributed by atoms with Gasteiger partial charge >= 0.3 is 26.5 Å². The maximum Gasteiger partial charge on any atom is 0.439 e. The lowest BCUT2D eigenvalue weighted by atomic mass is 9.99. The van der Waals surface area contributed by atoms with Crippen molar-refractivity contribution in [3.63, 3.8) is 0 Å². The second-order valence-electron chi connectivity index (χ2n) is 5.46. The van der Waals surface area contributed by atoms with Gasteiger partial charge in [-0.15, -0.1) is 0 Å². The van der Waals surface area contributed by atoms with Gasteiger partial charge in [0.1, 0.15) is 0 Å². The molecule has 0 saturated heterocycles. The van der Waals surface area contributed by atoms with Crippen molar-refractivity contribution >= 4 is 20.0 Å². The zero-order chi connectivity index (χ0) is 20.8. The van der Waals surface area contributed by atoms with Crippen molar-refractivity contribution in [2.75, 3.05) is 0 Å². The van der Waals surface area contributed by atoms with E-state index < -0.39 is 41.3 Å². The second-order valence-corrected chi connectivity index (χ2v) is 8.92. The summed E-state index contributed by atoms with van der Waals surface area (Å²) in [6.07, 6.45) is 0.584. The molecular formula is C13H14F6O5S2. The Hall–Kier alpha value is -1.34. The van der Waals surface area contributed by atoms with Crippen molar-refractivity contribution < 1.29 is 47.7 Å². The molecule has 1 aromatic carbocycles. The molecule has 5 nitrogen and oxygen atoms in total. The molecule has 1 atom stereocenters. The van der Waals surface area contributed by atoms with Crippen LogP contribution in [0, 0.1) is 0 Å². The topological polar surface area (TPSA) is 88.5 Å². The molecule has 0 spiro atoms. The van der Waals surface area contributed by atoms with Crippen molar-refractivity contribution in [2.45, 2.75) is 47.5 Å². The summed E-state index contributed by atoms with van der Waals surface area (Å²) in [5.41, 5.74) is 0.477. The van der Waals surface area contributed by atoms with Crippen LogP contribution in [0.3, 0.4) is 0 Å². The third-order valence-electron chi connectivity index (χ3n) is 3.76. The Morgan fingerprint density at radius 2 is 1.35 bits per heavy atom. The van der Waals surface area contributed by atoms with Gasteiger partial charge in [0, 0.05) is 0 Å². The molecule has 1 aromatic rings. The van der Waals surface area contributed by atoms with Crippen LogP contribution >= 0.6 is 0 Å². The maximum atomic E-state index is 13.8. The predicted octanol–water partition coefficient (Wildman–Crippen LogP) is 3.68. The van der Waals surface area contributed by atoms with Gasteiger partial charge in [-0.1, -0.05) is 26.0 Å². The first-order valence-electron chi connectivity index (χ1n) is 6.90. The summed E-state index contributed by atoms with van der Waals surface area (Å²) in [4.78, 5) is -1.42. The first-order valence-corrected chi connectivity index (χ1v) is 9.82. The molecule has 1 unspecified atom stereocenters. The highest BCUT2D eigenvalue weighted by atomic mass is 32.2. The van der Waals surface area contributed by atoms with Gasteiger partial charge in [0.2, 0.25) is 9.84 Å². The van der Waals surface area contributed by atoms with Gasteiger partial charge in [-0.3, -0.25) is 4.55 Å². The molecule has 150 valence electrons. The number of rotatable bonds is 7. The van der Waals surface area contributed by atoms with E-state index in [-0.39, 0.29) is 5.92 Å². The Labute approximate surface area is 145 Å². The highest BCUT2D eigenvalue weighted by Crippen LogP contribution is 2.52. The van der Waals surface area contributed by atoms with Crippen LogP contribution in [-0.4, -0.2) is 37.8 Å². The maximum absolute atomic E-state index is 13.8. The summed E-state index contributed by atoms with van der Waals surface area (Å²) in [5.74, 6) is -7.07. The van der Waals surface area contributed by atoms with Gasteiger partial charge in [-0.2, -0.15) is 34.8 Å². The summed E-state index contributed by atoms with van der Waals surface area (Å²) in [6.45, 7) is 3.47. The molecule has 0 fully saturated rings. The second kappa shape index (κ2) is 6.68. The zero-order valence-electron chi connectivity index (χ0n) is 13.3.